The van der Waals surface area contributed by atoms with Gasteiger partial charge in [-0.3, -0.25) is 0 Å². The standard InChI is InChI=1S/C8H8ClNO2S/c9-8-4-3-7(5-10-8)13(11,12)6-1-2-6/h3-6H,1-2H2. The normalized spacial score (nSPS) is 17.3. The topological polar surface area (TPSA) is 47.0 Å². The summed E-state index contributed by atoms with van der Waals surface area (Å²) >= 11 is 5.55. The molecule has 1 saturated carbocycles. The van der Waals surface area contributed by atoms with Crippen LogP contribution < -0.4 is 0 Å². The number of sulfone groups is 1. The Labute approximate surface area is 81.7 Å². The number of hydrogen-bond donors (Lipinski definition) is 0. The van der Waals surface area contributed by atoms with Crippen molar-refractivity contribution in [1.29, 1.82) is 0 Å². The SMILES string of the molecule is O=S(=O)(c1ccc(Cl)nc1)C1CC1. The predicted molar refractivity (Wildman–Crippen MR) is 49.5 cm³/mol. The van der Waals surface area contributed by atoms with Crippen LogP contribution in [-0.4, -0.2) is 18.7 Å². The first kappa shape index (κ1) is 8.97. The smallest absolute Gasteiger partial charge is 0.182 e. The van der Waals surface area contributed by atoms with Crippen molar-refractivity contribution in [3.8, 4) is 0 Å². The fourth-order valence-electron chi connectivity index (χ4n) is 1.10. The molecule has 0 aromatic carbocycles. The van der Waals surface area contributed by atoms with Crippen molar-refractivity contribution in [2.75, 3.05) is 0 Å². The Bertz CT molecular complexity index is 408. The summed E-state index contributed by atoms with van der Waals surface area (Å²) in [5.41, 5.74) is 0. The molecule has 1 fully saturated rings. The van der Waals surface area contributed by atoms with Gasteiger partial charge in [-0.1, -0.05) is 11.6 Å². The van der Waals surface area contributed by atoms with Gasteiger partial charge >= 0.3 is 0 Å². The molecule has 0 bridgehead atoms. The Hall–Kier alpha value is -0.610. The first-order valence-corrected chi connectivity index (χ1v) is 5.88. The number of hydrogen-bond acceptors (Lipinski definition) is 3. The molecule has 0 N–H and O–H groups in total. The average Bonchev–Trinajstić information content (AvgIpc) is 2.87. The van der Waals surface area contributed by atoms with Gasteiger partial charge in [0.25, 0.3) is 0 Å². The molecule has 13 heavy (non-hydrogen) atoms. The maximum atomic E-state index is 11.6. The van der Waals surface area contributed by atoms with E-state index in [9.17, 15) is 8.42 Å². The first-order chi connectivity index (χ1) is 6.10. The van der Waals surface area contributed by atoms with Crippen molar-refractivity contribution < 1.29 is 8.42 Å². The zero-order chi connectivity index (χ0) is 9.47. The van der Waals surface area contributed by atoms with Gasteiger partial charge in [-0.2, -0.15) is 0 Å². The number of pyridine rings is 1. The second-order valence-electron chi connectivity index (χ2n) is 3.06. The van der Waals surface area contributed by atoms with Gasteiger partial charge in [-0.15, -0.1) is 0 Å². The van der Waals surface area contributed by atoms with Crippen molar-refractivity contribution >= 4 is 21.4 Å². The van der Waals surface area contributed by atoms with Gasteiger partial charge in [0.2, 0.25) is 0 Å². The maximum Gasteiger partial charge on any atom is 0.182 e. The lowest BCUT2D eigenvalue weighted by Crippen LogP contribution is -2.07. The summed E-state index contributed by atoms with van der Waals surface area (Å²) in [7, 11) is -3.10. The fourth-order valence-corrected chi connectivity index (χ4v) is 2.81. The lowest BCUT2D eigenvalue weighted by molar-refractivity contribution is 0.594. The van der Waals surface area contributed by atoms with Crippen LogP contribution in [0.5, 0.6) is 0 Å². The zero-order valence-electron chi connectivity index (χ0n) is 6.77. The highest BCUT2D eigenvalue weighted by Gasteiger charge is 2.36. The molecule has 1 aromatic rings. The van der Waals surface area contributed by atoms with E-state index in [2.05, 4.69) is 4.98 Å². The molecule has 1 heterocycles. The van der Waals surface area contributed by atoms with E-state index in [4.69, 9.17) is 11.6 Å². The summed E-state index contributed by atoms with van der Waals surface area (Å²) < 4.78 is 23.2. The summed E-state index contributed by atoms with van der Waals surface area (Å²) in [6, 6.07) is 3.00. The molecule has 1 aliphatic carbocycles. The quantitative estimate of drug-likeness (QED) is 0.708. The van der Waals surface area contributed by atoms with Gasteiger partial charge in [0.1, 0.15) is 5.15 Å². The molecule has 0 amide bonds. The third-order valence-electron chi connectivity index (χ3n) is 1.99. The molecule has 0 unspecified atom stereocenters. The Morgan fingerprint density at radius 2 is 2.08 bits per heavy atom. The molecule has 0 saturated heterocycles. The van der Waals surface area contributed by atoms with Gasteiger partial charge < -0.3 is 0 Å². The van der Waals surface area contributed by atoms with Crippen molar-refractivity contribution in [3.05, 3.63) is 23.5 Å². The van der Waals surface area contributed by atoms with Crippen LogP contribution in [-0.2, 0) is 9.84 Å². The van der Waals surface area contributed by atoms with Gasteiger partial charge in [0.05, 0.1) is 10.1 Å². The molecule has 1 aliphatic rings. The highest BCUT2D eigenvalue weighted by Crippen LogP contribution is 2.33. The summed E-state index contributed by atoms with van der Waals surface area (Å²) in [4.78, 5) is 4.02. The van der Waals surface area contributed by atoms with Crippen molar-refractivity contribution in [3.63, 3.8) is 0 Å². The molecule has 0 spiro atoms. The lowest BCUT2D eigenvalue weighted by Gasteiger charge is -2.00. The highest BCUT2D eigenvalue weighted by molar-refractivity contribution is 7.92. The Kier molecular flexibility index (Phi) is 2.04. The summed E-state index contributed by atoms with van der Waals surface area (Å²) in [6.07, 6.45) is 2.85. The molecular formula is C8H8ClNO2S. The van der Waals surface area contributed by atoms with E-state index in [0.717, 1.165) is 12.8 Å². The Morgan fingerprint density at radius 1 is 1.38 bits per heavy atom. The third-order valence-corrected chi connectivity index (χ3v) is 4.46. The van der Waals surface area contributed by atoms with Crippen LogP contribution in [0.15, 0.2) is 23.2 Å². The Morgan fingerprint density at radius 3 is 2.54 bits per heavy atom. The summed E-state index contributed by atoms with van der Waals surface area (Å²) in [5, 5.41) is 0.130. The van der Waals surface area contributed by atoms with Gasteiger partial charge in [0, 0.05) is 6.20 Å². The van der Waals surface area contributed by atoms with Gasteiger partial charge in [-0.05, 0) is 25.0 Å². The van der Waals surface area contributed by atoms with Crippen LogP contribution in [0.4, 0.5) is 0 Å². The van der Waals surface area contributed by atoms with E-state index in [1.54, 1.807) is 0 Å². The molecule has 0 aliphatic heterocycles. The van der Waals surface area contributed by atoms with Crippen LogP contribution in [0.3, 0.4) is 0 Å². The molecular weight excluding hydrogens is 210 g/mol. The molecule has 1 aromatic heterocycles. The van der Waals surface area contributed by atoms with Crippen LogP contribution >= 0.6 is 11.6 Å². The van der Waals surface area contributed by atoms with E-state index < -0.39 is 9.84 Å². The minimum Gasteiger partial charge on any atom is -0.243 e. The largest absolute Gasteiger partial charge is 0.243 e. The van der Waals surface area contributed by atoms with Crippen molar-refractivity contribution in [2.45, 2.75) is 23.0 Å². The number of nitrogens with zero attached hydrogens (tertiary/aromatic N) is 1. The summed E-state index contributed by atoms with van der Waals surface area (Å²) in [5.74, 6) is 0. The monoisotopic (exact) mass is 217 g/mol. The summed E-state index contributed by atoms with van der Waals surface area (Å²) in [6.45, 7) is 0. The minimum absolute atomic E-state index is 0.185. The van der Waals surface area contributed by atoms with Crippen LogP contribution in [0.2, 0.25) is 5.15 Å². The minimum atomic E-state index is -3.10. The average molecular weight is 218 g/mol. The third kappa shape index (κ3) is 1.69. The number of aromatic nitrogens is 1. The van der Waals surface area contributed by atoms with E-state index >= 15 is 0 Å². The van der Waals surface area contributed by atoms with E-state index in [1.165, 1.54) is 18.3 Å². The molecule has 0 radical (unpaired) electrons. The first-order valence-electron chi connectivity index (χ1n) is 3.96. The fraction of sp³-hybridized carbons (Fsp3) is 0.375. The predicted octanol–water partition coefficient (Wildman–Crippen LogP) is 1.67. The van der Waals surface area contributed by atoms with Gasteiger partial charge in [0.15, 0.2) is 9.84 Å². The van der Waals surface area contributed by atoms with Crippen molar-refractivity contribution in [2.24, 2.45) is 0 Å². The lowest BCUT2D eigenvalue weighted by atomic mass is 10.5. The maximum absolute atomic E-state index is 11.6. The zero-order valence-corrected chi connectivity index (χ0v) is 8.35. The molecule has 2 rings (SSSR count). The molecule has 0 atom stereocenters. The number of rotatable bonds is 2. The Balaban J connectivity index is 2.40. The van der Waals surface area contributed by atoms with Crippen molar-refractivity contribution in [1.82, 2.24) is 4.98 Å². The molecule has 70 valence electrons. The van der Waals surface area contributed by atoms with E-state index in [-0.39, 0.29) is 10.1 Å². The second-order valence-corrected chi connectivity index (χ2v) is 5.68. The highest BCUT2D eigenvalue weighted by atomic mass is 35.5. The van der Waals surface area contributed by atoms with Crippen LogP contribution in [0, 0.1) is 0 Å². The molecule has 5 heteroatoms. The van der Waals surface area contributed by atoms with E-state index in [1.807, 2.05) is 0 Å². The van der Waals surface area contributed by atoms with Crippen LogP contribution in [0.1, 0.15) is 12.8 Å². The van der Waals surface area contributed by atoms with E-state index in [0.29, 0.717) is 5.15 Å². The van der Waals surface area contributed by atoms with Crippen LogP contribution in [0.25, 0.3) is 0 Å². The second kappa shape index (κ2) is 2.96. The number of halogens is 1. The van der Waals surface area contributed by atoms with Gasteiger partial charge in [-0.25, -0.2) is 13.4 Å². The molecule has 3 nitrogen and oxygen atoms in total.